The van der Waals surface area contributed by atoms with Crippen molar-refractivity contribution < 1.29 is 13.2 Å². The van der Waals surface area contributed by atoms with Crippen LogP contribution < -0.4 is 9.46 Å². The number of aryl methyl sites for hydroxylation is 2. The van der Waals surface area contributed by atoms with Gasteiger partial charge >= 0.3 is 0 Å². The summed E-state index contributed by atoms with van der Waals surface area (Å²) in [5.74, 6) is 0.670. The Morgan fingerprint density at radius 2 is 2.00 bits per heavy atom. The lowest BCUT2D eigenvalue weighted by Crippen LogP contribution is -2.35. The number of nitrogens with one attached hydrogen (secondary N) is 1. The minimum Gasteiger partial charge on any atom is -0.496 e. The van der Waals surface area contributed by atoms with Gasteiger partial charge in [0.25, 0.3) is 0 Å². The average molecular weight is 351 g/mol. The predicted molar refractivity (Wildman–Crippen MR) is 94.8 cm³/mol. The fourth-order valence-electron chi connectivity index (χ4n) is 2.66. The molecule has 1 heterocycles. The van der Waals surface area contributed by atoms with Gasteiger partial charge in [-0.3, -0.25) is 4.90 Å². The van der Waals surface area contributed by atoms with Crippen molar-refractivity contribution in [3.05, 3.63) is 47.8 Å². The lowest BCUT2D eigenvalue weighted by molar-refractivity contribution is 0.289. The number of hydrogen-bond acceptors (Lipinski definition) is 4. The maximum absolute atomic E-state index is 12.6. The molecule has 7 heteroatoms. The van der Waals surface area contributed by atoms with E-state index in [1.54, 1.807) is 25.3 Å². The van der Waals surface area contributed by atoms with E-state index >= 15 is 0 Å². The van der Waals surface area contributed by atoms with E-state index in [9.17, 15) is 8.42 Å². The summed E-state index contributed by atoms with van der Waals surface area (Å²) in [6.45, 7) is 2.11. The van der Waals surface area contributed by atoms with E-state index in [0.717, 1.165) is 11.3 Å². The fourth-order valence-corrected chi connectivity index (χ4v) is 3.79. The van der Waals surface area contributed by atoms with Crippen molar-refractivity contribution >= 4 is 10.0 Å². The van der Waals surface area contributed by atoms with Gasteiger partial charge in [-0.25, -0.2) is 13.1 Å². The number of hydrogen-bond donors (Lipinski definition) is 1. The molecule has 0 radical (unpaired) electrons. The van der Waals surface area contributed by atoms with Gasteiger partial charge < -0.3 is 9.30 Å². The van der Waals surface area contributed by atoms with Gasteiger partial charge in [0.1, 0.15) is 5.75 Å². The highest BCUT2D eigenvalue weighted by molar-refractivity contribution is 7.89. The van der Waals surface area contributed by atoms with E-state index < -0.39 is 10.0 Å². The van der Waals surface area contributed by atoms with Crippen LogP contribution in [0, 0.1) is 6.92 Å². The topological polar surface area (TPSA) is 63.6 Å². The number of likely N-dealkylation sites (N-methyl/N-ethyl adjacent to an activating group) is 1. The number of nitrogens with zero attached hydrogens (tertiary/aromatic N) is 2. The summed E-state index contributed by atoms with van der Waals surface area (Å²) in [6, 6.07) is 8.74. The molecule has 0 fully saturated rings. The van der Waals surface area contributed by atoms with Crippen LogP contribution in [0.2, 0.25) is 0 Å². The molecule has 0 bridgehead atoms. The number of ether oxygens (including phenoxy) is 1. The molecule has 6 nitrogen and oxygen atoms in total. The van der Waals surface area contributed by atoms with Crippen LogP contribution in [0.3, 0.4) is 0 Å². The molecule has 0 aliphatic heterocycles. The van der Waals surface area contributed by atoms with Gasteiger partial charge in [0.2, 0.25) is 10.0 Å². The van der Waals surface area contributed by atoms with Crippen LogP contribution in [-0.2, 0) is 17.1 Å². The highest BCUT2D eigenvalue weighted by Crippen LogP contribution is 2.22. The Bertz CT molecular complexity index is 797. The monoisotopic (exact) mass is 351 g/mol. The van der Waals surface area contributed by atoms with E-state index in [1.807, 2.05) is 55.9 Å². The van der Waals surface area contributed by atoms with Crippen LogP contribution in [0.15, 0.2) is 41.4 Å². The van der Waals surface area contributed by atoms with Crippen molar-refractivity contribution in [2.24, 2.45) is 7.05 Å². The van der Waals surface area contributed by atoms with Gasteiger partial charge in [-0.15, -0.1) is 0 Å². The van der Waals surface area contributed by atoms with Crippen molar-refractivity contribution in [1.29, 1.82) is 0 Å². The Morgan fingerprint density at radius 1 is 1.29 bits per heavy atom. The third-order valence-corrected chi connectivity index (χ3v) is 5.51. The van der Waals surface area contributed by atoms with Crippen LogP contribution in [0.4, 0.5) is 0 Å². The van der Waals surface area contributed by atoms with Crippen molar-refractivity contribution in [2.45, 2.75) is 17.9 Å². The number of sulfonamides is 1. The summed E-state index contributed by atoms with van der Waals surface area (Å²) in [7, 11) is 3.80. The second kappa shape index (κ2) is 7.38. The Hall–Kier alpha value is -1.83. The third-order valence-electron chi connectivity index (χ3n) is 4.09. The molecule has 2 aromatic rings. The summed E-state index contributed by atoms with van der Waals surface area (Å²) >= 11 is 0. The molecular weight excluding hydrogens is 326 g/mol. The molecule has 132 valence electrons. The molecule has 1 aromatic carbocycles. The molecule has 1 aromatic heterocycles. The van der Waals surface area contributed by atoms with Crippen molar-refractivity contribution in [2.75, 3.05) is 27.7 Å². The molecule has 1 unspecified atom stereocenters. The summed E-state index contributed by atoms with van der Waals surface area (Å²) in [6.07, 6.45) is 1.95. The Balaban J connectivity index is 2.19. The normalized spacial score (nSPS) is 13.2. The van der Waals surface area contributed by atoms with Gasteiger partial charge in [-0.1, -0.05) is 0 Å². The Labute approximate surface area is 144 Å². The summed E-state index contributed by atoms with van der Waals surface area (Å²) in [4.78, 5) is 2.24. The second-order valence-corrected chi connectivity index (χ2v) is 7.77. The first-order chi connectivity index (χ1) is 11.3. The molecule has 0 saturated carbocycles. The Morgan fingerprint density at radius 3 is 2.50 bits per heavy atom. The molecule has 0 saturated heterocycles. The number of methoxy groups -OCH3 is 1. The van der Waals surface area contributed by atoms with E-state index in [4.69, 9.17) is 4.74 Å². The van der Waals surface area contributed by atoms with Crippen LogP contribution >= 0.6 is 0 Å². The standard InChI is InChI=1S/C17H25N3O3S/c1-13-11-14(8-9-17(13)23-5)24(21,22)18-12-16(19(2)3)15-7-6-10-20(15)4/h6-11,16,18H,12H2,1-5H3. The zero-order chi connectivity index (χ0) is 17.9. The Kier molecular flexibility index (Phi) is 5.69. The van der Waals surface area contributed by atoms with Gasteiger partial charge in [0.05, 0.1) is 18.0 Å². The first-order valence-corrected chi connectivity index (χ1v) is 9.16. The predicted octanol–water partition coefficient (Wildman–Crippen LogP) is 1.92. The van der Waals surface area contributed by atoms with Gasteiger partial charge in [0.15, 0.2) is 0 Å². The molecule has 0 amide bonds. The number of benzene rings is 1. The lowest BCUT2D eigenvalue weighted by Gasteiger charge is -2.25. The van der Waals surface area contributed by atoms with Crippen LogP contribution in [-0.4, -0.2) is 45.6 Å². The first kappa shape index (κ1) is 18.5. The molecular formula is C17H25N3O3S. The smallest absolute Gasteiger partial charge is 0.240 e. The first-order valence-electron chi connectivity index (χ1n) is 7.68. The van der Waals surface area contributed by atoms with E-state index in [2.05, 4.69) is 4.72 Å². The zero-order valence-corrected chi connectivity index (χ0v) is 15.6. The van der Waals surface area contributed by atoms with Gasteiger partial charge in [-0.2, -0.15) is 0 Å². The van der Waals surface area contributed by atoms with Crippen LogP contribution in [0.5, 0.6) is 5.75 Å². The number of rotatable bonds is 7. The molecule has 0 aliphatic rings. The SMILES string of the molecule is COc1ccc(S(=O)(=O)NCC(c2cccn2C)N(C)C)cc1C. The fraction of sp³-hybridized carbons (Fsp3) is 0.412. The second-order valence-electron chi connectivity index (χ2n) is 6.01. The van der Waals surface area contributed by atoms with Crippen molar-refractivity contribution in [3.63, 3.8) is 0 Å². The van der Waals surface area contributed by atoms with Crippen LogP contribution in [0.1, 0.15) is 17.3 Å². The summed E-state index contributed by atoms with van der Waals surface area (Å²) in [5.41, 5.74) is 1.83. The molecule has 2 rings (SSSR count). The molecule has 1 atom stereocenters. The lowest BCUT2D eigenvalue weighted by atomic mass is 10.2. The molecule has 0 aliphatic carbocycles. The maximum atomic E-state index is 12.6. The van der Waals surface area contributed by atoms with E-state index in [0.29, 0.717) is 5.75 Å². The van der Waals surface area contributed by atoms with Crippen LogP contribution in [0.25, 0.3) is 0 Å². The van der Waals surface area contributed by atoms with Crippen molar-refractivity contribution in [3.8, 4) is 5.75 Å². The highest BCUT2D eigenvalue weighted by Gasteiger charge is 2.21. The van der Waals surface area contributed by atoms with E-state index in [-0.39, 0.29) is 17.5 Å². The molecule has 1 N–H and O–H groups in total. The quantitative estimate of drug-likeness (QED) is 0.828. The average Bonchev–Trinajstić information content (AvgIpc) is 2.93. The molecule has 0 spiro atoms. The van der Waals surface area contributed by atoms with Gasteiger partial charge in [-0.05, 0) is 56.9 Å². The molecule has 24 heavy (non-hydrogen) atoms. The highest BCUT2D eigenvalue weighted by atomic mass is 32.2. The summed E-state index contributed by atoms with van der Waals surface area (Å²) < 4.78 is 35.1. The minimum absolute atomic E-state index is 0.0564. The largest absolute Gasteiger partial charge is 0.496 e. The van der Waals surface area contributed by atoms with E-state index in [1.165, 1.54) is 0 Å². The van der Waals surface area contributed by atoms with Crippen molar-refractivity contribution in [1.82, 2.24) is 14.2 Å². The number of aromatic nitrogens is 1. The summed E-state index contributed by atoms with van der Waals surface area (Å²) in [5, 5.41) is 0. The third kappa shape index (κ3) is 3.98. The zero-order valence-electron chi connectivity index (χ0n) is 14.8. The maximum Gasteiger partial charge on any atom is 0.240 e. The van der Waals surface area contributed by atoms with Gasteiger partial charge in [0, 0.05) is 25.5 Å². The minimum atomic E-state index is -3.58.